The van der Waals surface area contributed by atoms with Crippen molar-refractivity contribution in [1.82, 2.24) is 9.88 Å². The quantitative estimate of drug-likeness (QED) is 0.719. The number of hydrogen-bond acceptors (Lipinski definition) is 3. The molecule has 1 saturated heterocycles. The SMILES string of the molecule is Cc1cc2nc(-c3ccccc3)cc(C(=O)N3CCC(C(=O)O)CC3)c2cc1C. The number of benzene rings is 2. The molecule has 0 atom stereocenters. The Morgan fingerprint density at radius 3 is 2.31 bits per heavy atom. The summed E-state index contributed by atoms with van der Waals surface area (Å²) in [5.41, 5.74) is 5.42. The second-order valence-electron chi connectivity index (χ2n) is 7.78. The van der Waals surface area contributed by atoms with Gasteiger partial charge in [-0.1, -0.05) is 30.3 Å². The van der Waals surface area contributed by atoms with Gasteiger partial charge in [0.2, 0.25) is 0 Å². The first-order valence-corrected chi connectivity index (χ1v) is 9.93. The summed E-state index contributed by atoms with van der Waals surface area (Å²) in [4.78, 5) is 31.3. The van der Waals surface area contributed by atoms with E-state index in [1.165, 1.54) is 0 Å². The first-order valence-electron chi connectivity index (χ1n) is 9.93. The van der Waals surface area contributed by atoms with E-state index in [1.54, 1.807) is 4.90 Å². The van der Waals surface area contributed by atoms with Crippen molar-refractivity contribution >= 4 is 22.8 Å². The number of carbonyl (C=O) groups excluding carboxylic acids is 1. The van der Waals surface area contributed by atoms with E-state index in [0.29, 0.717) is 31.5 Å². The number of pyridine rings is 1. The Balaban J connectivity index is 1.78. The van der Waals surface area contributed by atoms with Gasteiger partial charge in [-0.3, -0.25) is 9.59 Å². The van der Waals surface area contributed by atoms with Crippen LogP contribution >= 0.6 is 0 Å². The Morgan fingerprint density at radius 1 is 1.00 bits per heavy atom. The molecule has 1 N–H and O–H groups in total. The van der Waals surface area contributed by atoms with E-state index in [-0.39, 0.29) is 11.8 Å². The summed E-state index contributed by atoms with van der Waals surface area (Å²) in [6.07, 6.45) is 0.988. The highest BCUT2D eigenvalue weighted by molar-refractivity contribution is 6.07. The number of aliphatic carboxylic acids is 1. The number of fused-ring (bicyclic) bond motifs is 1. The number of rotatable bonds is 3. The molecule has 1 aromatic heterocycles. The van der Waals surface area contributed by atoms with Gasteiger partial charge < -0.3 is 10.0 Å². The Hall–Kier alpha value is -3.21. The van der Waals surface area contributed by atoms with Crippen LogP contribution in [0.5, 0.6) is 0 Å². The fourth-order valence-corrected chi connectivity index (χ4v) is 3.92. The minimum Gasteiger partial charge on any atom is -0.481 e. The molecule has 0 bridgehead atoms. The molecule has 3 aromatic rings. The number of amides is 1. The molecule has 5 heteroatoms. The molecule has 0 radical (unpaired) electrons. The Kier molecular flexibility index (Phi) is 5.05. The van der Waals surface area contributed by atoms with E-state index >= 15 is 0 Å². The first-order chi connectivity index (χ1) is 13.9. The number of aromatic nitrogens is 1. The highest BCUT2D eigenvalue weighted by atomic mass is 16.4. The molecule has 4 rings (SSSR count). The fraction of sp³-hybridized carbons (Fsp3) is 0.292. The first kappa shape index (κ1) is 19.1. The maximum absolute atomic E-state index is 13.4. The van der Waals surface area contributed by atoms with Crippen LogP contribution in [0.25, 0.3) is 22.2 Å². The van der Waals surface area contributed by atoms with Gasteiger partial charge in [-0.05, 0) is 56.0 Å². The van der Waals surface area contributed by atoms with E-state index < -0.39 is 5.97 Å². The van der Waals surface area contributed by atoms with E-state index in [2.05, 4.69) is 0 Å². The summed E-state index contributed by atoms with van der Waals surface area (Å²) in [5.74, 6) is -1.19. The zero-order valence-electron chi connectivity index (χ0n) is 16.7. The number of nitrogens with zero attached hydrogens (tertiary/aromatic N) is 2. The molecule has 5 nitrogen and oxygen atoms in total. The van der Waals surface area contributed by atoms with Crippen LogP contribution in [0.15, 0.2) is 48.5 Å². The smallest absolute Gasteiger partial charge is 0.306 e. The Bertz CT molecular complexity index is 1080. The highest BCUT2D eigenvalue weighted by Gasteiger charge is 2.28. The summed E-state index contributed by atoms with van der Waals surface area (Å²) < 4.78 is 0. The largest absolute Gasteiger partial charge is 0.481 e. The van der Waals surface area contributed by atoms with E-state index in [4.69, 9.17) is 4.98 Å². The molecule has 2 aromatic carbocycles. The van der Waals surface area contributed by atoms with E-state index in [0.717, 1.165) is 33.3 Å². The topological polar surface area (TPSA) is 70.5 Å². The normalized spacial score (nSPS) is 14.9. The van der Waals surface area contributed by atoms with Crippen LogP contribution in [0.1, 0.15) is 34.3 Å². The van der Waals surface area contributed by atoms with Gasteiger partial charge in [0.15, 0.2) is 0 Å². The summed E-state index contributed by atoms with van der Waals surface area (Å²) in [5, 5.41) is 10.1. The van der Waals surface area contributed by atoms with Gasteiger partial charge in [0.1, 0.15) is 0 Å². The maximum atomic E-state index is 13.4. The van der Waals surface area contributed by atoms with Crippen molar-refractivity contribution in [2.24, 2.45) is 5.92 Å². The van der Waals surface area contributed by atoms with Crippen LogP contribution < -0.4 is 0 Å². The van der Waals surface area contributed by atoms with Crippen LogP contribution in [0.3, 0.4) is 0 Å². The van der Waals surface area contributed by atoms with E-state index in [1.807, 2.05) is 62.4 Å². The molecule has 148 valence electrons. The van der Waals surface area contributed by atoms with Gasteiger partial charge in [0, 0.05) is 24.0 Å². The zero-order chi connectivity index (χ0) is 20.5. The average molecular weight is 388 g/mol. The van der Waals surface area contributed by atoms with Crippen LogP contribution in [-0.4, -0.2) is 40.0 Å². The van der Waals surface area contributed by atoms with Crippen molar-refractivity contribution in [2.45, 2.75) is 26.7 Å². The lowest BCUT2D eigenvalue weighted by atomic mass is 9.95. The average Bonchev–Trinajstić information content (AvgIpc) is 2.74. The van der Waals surface area contributed by atoms with Crippen LogP contribution in [0.2, 0.25) is 0 Å². The molecule has 0 unspecified atom stereocenters. The van der Waals surface area contributed by atoms with Gasteiger partial charge in [0.05, 0.1) is 22.7 Å². The lowest BCUT2D eigenvalue weighted by Gasteiger charge is -2.30. The number of piperidine rings is 1. The summed E-state index contributed by atoms with van der Waals surface area (Å²) in [6.45, 7) is 5.01. The predicted octanol–water partition coefficient (Wildman–Crippen LogP) is 4.46. The molecule has 0 spiro atoms. The highest BCUT2D eigenvalue weighted by Crippen LogP contribution is 2.29. The molecular formula is C24H24N2O3. The van der Waals surface area contributed by atoms with Crippen LogP contribution in [0, 0.1) is 19.8 Å². The molecule has 29 heavy (non-hydrogen) atoms. The number of carboxylic acids is 1. The number of likely N-dealkylation sites (tertiary alicyclic amines) is 1. The minimum absolute atomic E-state index is 0.0540. The third-order valence-electron chi connectivity index (χ3n) is 5.86. The lowest BCUT2D eigenvalue weighted by molar-refractivity contribution is -0.143. The summed E-state index contributed by atoms with van der Waals surface area (Å²) >= 11 is 0. The minimum atomic E-state index is -0.774. The zero-order valence-corrected chi connectivity index (χ0v) is 16.7. The molecule has 0 saturated carbocycles. The van der Waals surface area contributed by atoms with Gasteiger partial charge in [0.25, 0.3) is 5.91 Å². The number of carboxylic acid groups (broad SMARTS) is 1. The third kappa shape index (κ3) is 3.73. The standard InChI is InChI=1S/C24H24N2O3/c1-15-12-19-20(23(27)26-10-8-18(9-11-26)24(28)29)14-21(17-6-4-3-5-7-17)25-22(19)13-16(15)2/h3-7,12-14,18H,8-11H2,1-2H3,(H,28,29). The lowest BCUT2D eigenvalue weighted by Crippen LogP contribution is -2.40. The van der Waals surface area contributed by atoms with Crippen molar-refractivity contribution in [2.75, 3.05) is 13.1 Å². The third-order valence-corrected chi connectivity index (χ3v) is 5.86. The fourth-order valence-electron chi connectivity index (χ4n) is 3.92. The van der Waals surface area contributed by atoms with Crippen molar-refractivity contribution in [3.8, 4) is 11.3 Å². The molecule has 0 aliphatic carbocycles. The number of carbonyl (C=O) groups is 2. The number of aryl methyl sites for hydroxylation is 2. The van der Waals surface area contributed by atoms with Crippen LogP contribution in [0.4, 0.5) is 0 Å². The molecule has 1 aliphatic heterocycles. The van der Waals surface area contributed by atoms with E-state index in [9.17, 15) is 14.7 Å². The molecule has 1 amide bonds. The Labute approximate surface area is 170 Å². The van der Waals surface area contributed by atoms with Gasteiger partial charge in [-0.15, -0.1) is 0 Å². The molecule has 2 heterocycles. The second kappa shape index (κ2) is 7.66. The van der Waals surface area contributed by atoms with Crippen molar-refractivity contribution in [3.63, 3.8) is 0 Å². The van der Waals surface area contributed by atoms with Gasteiger partial charge in [-0.25, -0.2) is 4.98 Å². The van der Waals surface area contributed by atoms with Crippen molar-refractivity contribution in [3.05, 3.63) is 65.2 Å². The molecular weight excluding hydrogens is 364 g/mol. The molecule has 1 fully saturated rings. The molecule has 1 aliphatic rings. The second-order valence-corrected chi connectivity index (χ2v) is 7.78. The maximum Gasteiger partial charge on any atom is 0.306 e. The summed E-state index contributed by atoms with van der Waals surface area (Å²) in [7, 11) is 0. The number of hydrogen-bond donors (Lipinski definition) is 1. The van der Waals surface area contributed by atoms with Crippen molar-refractivity contribution in [1.29, 1.82) is 0 Å². The Morgan fingerprint density at radius 2 is 1.66 bits per heavy atom. The van der Waals surface area contributed by atoms with Gasteiger partial charge >= 0.3 is 5.97 Å². The predicted molar refractivity (Wildman–Crippen MR) is 113 cm³/mol. The van der Waals surface area contributed by atoms with Crippen LogP contribution in [-0.2, 0) is 4.79 Å². The van der Waals surface area contributed by atoms with Crippen molar-refractivity contribution < 1.29 is 14.7 Å². The monoisotopic (exact) mass is 388 g/mol. The summed E-state index contributed by atoms with van der Waals surface area (Å²) in [6, 6.07) is 15.8. The van der Waals surface area contributed by atoms with Gasteiger partial charge in [-0.2, -0.15) is 0 Å².